The number of anilines is 3. The van der Waals surface area contributed by atoms with Gasteiger partial charge in [-0.1, -0.05) is 23.2 Å². The van der Waals surface area contributed by atoms with E-state index in [1.165, 1.54) is 0 Å². The fourth-order valence-corrected chi connectivity index (χ4v) is 1.93. The molecule has 0 amide bonds. The topological polar surface area (TPSA) is 94.5 Å². The van der Waals surface area contributed by atoms with Gasteiger partial charge in [0.1, 0.15) is 6.33 Å². The predicted octanol–water partition coefficient (Wildman–Crippen LogP) is 2.69. The van der Waals surface area contributed by atoms with Crippen LogP contribution in [-0.2, 0) is 0 Å². The van der Waals surface area contributed by atoms with Gasteiger partial charge < -0.3 is 11.1 Å². The Morgan fingerprint density at radius 3 is 2.67 bits per heavy atom. The number of nitrogens with two attached hydrogens (primary N) is 1. The number of nitrogens with one attached hydrogen (secondary N) is 1. The van der Waals surface area contributed by atoms with E-state index >= 15 is 0 Å². The minimum Gasteiger partial charge on any atom is -0.368 e. The van der Waals surface area contributed by atoms with Gasteiger partial charge in [0.25, 0.3) is 0 Å². The molecule has 0 saturated carbocycles. The molecule has 2 aromatic heterocycles. The Balaban J connectivity index is 1.93. The van der Waals surface area contributed by atoms with Gasteiger partial charge >= 0.3 is 0 Å². The van der Waals surface area contributed by atoms with Crippen LogP contribution < -0.4 is 11.1 Å². The van der Waals surface area contributed by atoms with Crippen LogP contribution in [0, 0.1) is 0 Å². The standard InChI is InChI=1S/C12H9Cl2N7/c13-8-2-1-7(5-9(8)14)17-11-18-10(15)19-12(20-11)21-4-3-16-6-21/h1-6H,(H3,15,17,18,19,20). The summed E-state index contributed by atoms with van der Waals surface area (Å²) in [7, 11) is 0. The summed E-state index contributed by atoms with van der Waals surface area (Å²) in [6.07, 6.45) is 4.89. The van der Waals surface area contributed by atoms with Crippen LogP contribution >= 0.6 is 23.2 Å². The number of aromatic nitrogens is 5. The molecule has 2 heterocycles. The van der Waals surface area contributed by atoms with Crippen molar-refractivity contribution in [3.63, 3.8) is 0 Å². The zero-order chi connectivity index (χ0) is 14.8. The molecule has 0 aliphatic carbocycles. The molecular weight excluding hydrogens is 313 g/mol. The Hall–Kier alpha value is -2.38. The van der Waals surface area contributed by atoms with Crippen molar-refractivity contribution < 1.29 is 0 Å². The highest BCUT2D eigenvalue weighted by atomic mass is 35.5. The van der Waals surface area contributed by atoms with E-state index in [4.69, 9.17) is 28.9 Å². The van der Waals surface area contributed by atoms with Gasteiger partial charge in [0.05, 0.1) is 10.0 Å². The lowest BCUT2D eigenvalue weighted by atomic mass is 10.3. The second-order valence-corrected chi connectivity index (χ2v) is 4.86. The van der Waals surface area contributed by atoms with E-state index in [2.05, 4.69) is 25.3 Å². The summed E-state index contributed by atoms with van der Waals surface area (Å²) >= 11 is 11.8. The molecule has 0 atom stereocenters. The third-order valence-corrected chi connectivity index (χ3v) is 3.29. The minimum atomic E-state index is 0.0938. The normalized spacial score (nSPS) is 10.6. The number of imidazole rings is 1. The zero-order valence-corrected chi connectivity index (χ0v) is 12.0. The van der Waals surface area contributed by atoms with Crippen molar-refractivity contribution >= 4 is 40.8 Å². The largest absolute Gasteiger partial charge is 0.368 e. The summed E-state index contributed by atoms with van der Waals surface area (Å²) in [4.78, 5) is 16.3. The highest BCUT2D eigenvalue weighted by Crippen LogP contribution is 2.26. The Labute approximate surface area is 129 Å². The maximum Gasteiger partial charge on any atom is 0.241 e. The predicted molar refractivity (Wildman–Crippen MR) is 81.1 cm³/mol. The number of halogens is 2. The molecule has 0 fully saturated rings. The lowest BCUT2D eigenvalue weighted by Gasteiger charge is -2.08. The molecule has 0 aliphatic heterocycles. The first-order valence-corrected chi connectivity index (χ1v) is 6.59. The third kappa shape index (κ3) is 3.04. The maximum absolute atomic E-state index is 5.96. The zero-order valence-electron chi connectivity index (χ0n) is 10.5. The van der Waals surface area contributed by atoms with E-state index in [0.29, 0.717) is 27.6 Å². The summed E-state index contributed by atoms with van der Waals surface area (Å²) in [6.45, 7) is 0. The van der Waals surface area contributed by atoms with Crippen LogP contribution in [0.5, 0.6) is 0 Å². The average molecular weight is 322 g/mol. The third-order valence-electron chi connectivity index (χ3n) is 2.55. The first kappa shape index (κ1) is 13.6. The van der Waals surface area contributed by atoms with E-state index < -0.39 is 0 Å². The summed E-state index contributed by atoms with van der Waals surface area (Å²) in [6, 6.07) is 5.10. The fraction of sp³-hybridized carbons (Fsp3) is 0. The second-order valence-electron chi connectivity index (χ2n) is 4.04. The van der Waals surface area contributed by atoms with Gasteiger partial charge in [-0.3, -0.25) is 4.57 Å². The van der Waals surface area contributed by atoms with Crippen LogP contribution in [0.3, 0.4) is 0 Å². The van der Waals surface area contributed by atoms with Crippen molar-refractivity contribution in [3.8, 4) is 5.95 Å². The first-order chi connectivity index (χ1) is 10.1. The Bertz CT molecular complexity index is 773. The summed E-state index contributed by atoms with van der Waals surface area (Å²) in [5.74, 6) is 0.753. The van der Waals surface area contributed by atoms with Crippen LogP contribution in [0.1, 0.15) is 0 Å². The van der Waals surface area contributed by atoms with Crippen molar-refractivity contribution in [2.45, 2.75) is 0 Å². The highest BCUT2D eigenvalue weighted by molar-refractivity contribution is 6.42. The van der Waals surface area contributed by atoms with Crippen LogP contribution in [0.15, 0.2) is 36.9 Å². The number of benzene rings is 1. The molecule has 0 radical (unpaired) electrons. The van der Waals surface area contributed by atoms with E-state index in [-0.39, 0.29) is 5.95 Å². The summed E-state index contributed by atoms with van der Waals surface area (Å²) in [5, 5.41) is 3.89. The van der Waals surface area contributed by atoms with Crippen molar-refractivity contribution in [1.82, 2.24) is 24.5 Å². The molecule has 3 N–H and O–H groups in total. The molecule has 9 heteroatoms. The van der Waals surface area contributed by atoms with Gasteiger partial charge in [-0.05, 0) is 18.2 Å². The van der Waals surface area contributed by atoms with Crippen LogP contribution in [-0.4, -0.2) is 24.5 Å². The number of nitrogens with zero attached hydrogens (tertiary/aromatic N) is 5. The molecule has 0 aliphatic rings. The quantitative estimate of drug-likeness (QED) is 0.770. The van der Waals surface area contributed by atoms with Gasteiger partial charge in [0.15, 0.2) is 0 Å². The van der Waals surface area contributed by atoms with Crippen molar-refractivity contribution in [1.29, 1.82) is 0 Å². The van der Waals surface area contributed by atoms with Crippen LogP contribution in [0.4, 0.5) is 17.6 Å². The molecular formula is C12H9Cl2N7. The molecule has 0 unspecified atom stereocenters. The lowest BCUT2D eigenvalue weighted by Crippen LogP contribution is -2.08. The maximum atomic E-state index is 5.96. The fourth-order valence-electron chi connectivity index (χ4n) is 1.63. The molecule has 1 aromatic carbocycles. The summed E-state index contributed by atoms with van der Waals surface area (Å²) in [5.41, 5.74) is 6.38. The molecule has 106 valence electrons. The molecule has 0 bridgehead atoms. The molecule has 0 spiro atoms. The summed E-state index contributed by atoms with van der Waals surface area (Å²) < 4.78 is 1.62. The molecule has 7 nitrogen and oxygen atoms in total. The molecule has 21 heavy (non-hydrogen) atoms. The second kappa shape index (κ2) is 5.55. The van der Waals surface area contributed by atoms with Gasteiger partial charge in [0.2, 0.25) is 17.8 Å². The SMILES string of the molecule is Nc1nc(Nc2ccc(Cl)c(Cl)c2)nc(-n2ccnc2)n1. The van der Waals surface area contributed by atoms with Gasteiger partial charge in [-0.2, -0.15) is 15.0 Å². The number of hydrogen-bond acceptors (Lipinski definition) is 6. The van der Waals surface area contributed by atoms with Crippen LogP contribution in [0.25, 0.3) is 5.95 Å². The highest BCUT2D eigenvalue weighted by Gasteiger charge is 2.07. The Morgan fingerprint density at radius 2 is 1.95 bits per heavy atom. The van der Waals surface area contributed by atoms with Crippen LogP contribution in [0.2, 0.25) is 10.0 Å². The smallest absolute Gasteiger partial charge is 0.241 e. The van der Waals surface area contributed by atoms with Gasteiger partial charge in [0, 0.05) is 18.1 Å². The van der Waals surface area contributed by atoms with E-state index in [0.717, 1.165) is 0 Å². The molecule has 0 saturated heterocycles. The van der Waals surface area contributed by atoms with Gasteiger partial charge in [-0.15, -0.1) is 0 Å². The minimum absolute atomic E-state index is 0.0938. The van der Waals surface area contributed by atoms with Gasteiger partial charge in [-0.25, -0.2) is 4.98 Å². The lowest BCUT2D eigenvalue weighted by molar-refractivity contribution is 0.906. The average Bonchev–Trinajstić information content (AvgIpc) is 2.96. The van der Waals surface area contributed by atoms with Crippen molar-refractivity contribution in [2.24, 2.45) is 0 Å². The van der Waals surface area contributed by atoms with E-state index in [1.807, 2.05) is 0 Å². The molecule has 3 rings (SSSR count). The number of rotatable bonds is 3. The Morgan fingerprint density at radius 1 is 1.10 bits per heavy atom. The number of hydrogen-bond donors (Lipinski definition) is 2. The first-order valence-electron chi connectivity index (χ1n) is 5.84. The van der Waals surface area contributed by atoms with E-state index in [9.17, 15) is 0 Å². The van der Waals surface area contributed by atoms with Crippen molar-refractivity contribution in [3.05, 3.63) is 47.0 Å². The number of nitrogen functional groups attached to an aromatic ring is 1. The Kier molecular flexibility index (Phi) is 3.59. The monoisotopic (exact) mass is 321 g/mol. The van der Waals surface area contributed by atoms with E-state index in [1.54, 1.807) is 41.5 Å². The van der Waals surface area contributed by atoms with Crippen molar-refractivity contribution in [2.75, 3.05) is 11.1 Å². The molecule has 3 aromatic rings.